The van der Waals surface area contributed by atoms with Crippen LogP contribution in [-0.2, 0) is 6.18 Å². The van der Waals surface area contributed by atoms with Crippen molar-refractivity contribution in [3.8, 4) is 0 Å². The fourth-order valence-corrected chi connectivity index (χ4v) is 1.15. The van der Waals surface area contributed by atoms with Crippen molar-refractivity contribution in [3.05, 3.63) is 41.3 Å². The number of halogens is 5. The van der Waals surface area contributed by atoms with Gasteiger partial charge in [0.1, 0.15) is 11.6 Å². The quantitative estimate of drug-likeness (QED) is 0.666. The van der Waals surface area contributed by atoms with Crippen LogP contribution in [0.25, 0.3) is 0 Å². The minimum absolute atomic E-state index is 0.296. The molecule has 15 heavy (non-hydrogen) atoms. The van der Waals surface area contributed by atoms with Crippen LogP contribution in [0.3, 0.4) is 0 Å². The summed E-state index contributed by atoms with van der Waals surface area (Å²) in [5.74, 6) is -2.38. The van der Waals surface area contributed by atoms with Gasteiger partial charge in [0.15, 0.2) is 0 Å². The van der Waals surface area contributed by atoms with Crippen LogP contribution in [-0.4, -0.2) is 0 Å². The Balaban J connectivity index is 3.19. The molecule has 1 aromatic carbocycles. The maximum atomic E-state index is 13.1. The van der Waals surface area contributed by atoms with Crippen LogP contribution in [0.15, 0.2) is 12.1 Å². The number of hydrogen-bond donors (Lipinski definition) is 0. The Morgan fingerprint density at radius 3 is 1.93 bits per heavy atom. The zero-order valence-electron chi connectivity index (χ0n) is 7.83. The fraction of sp³-hybridized carbons (Fsp3) is 0.300. The van der Waals surface area contributed by atoms with Gasteiger partial charge in [0, 0.05) is 5.56 Å². The minimum Gasteiger partial charge on any atom is -0.207 e. The number of hydrogen-bond acceptors (Lipinski definition) is 0. The van der Waals surface area contributed by atoms with Crippen LogP contribution < -0.4 is 0 Å². The molecule has 0 atom stereocenters. The molecule has 0 unspecified atom stereocenters. The molecule has 0 aliphatic carbocycles. The second kappa shape index (κ2) is 4.16. The molecule has 0 saturated carbocycles. The molecule has 83 valence electrons. The topological polar surface area (TPSA) is 0 Å². The van der Waals surface area contributed by atoms with E-state index in [0.29, 0.717) is 18.6 Å². The maximum absolute atomic E-state index is 13.1. The van der Waals surface area contributed by atoms with E-state index in [1.165, 1.54) is 6.42 Å². The summed E-state index contributed by atoms with van der Waals surface area (Å²) < 4.78 is 62.5. The first kappa shape index (κ1) is 11.9. The number of benzene rings is 1. The maximum Gasteiger partial charge on any atom is 0.416 e. The predicted octanol–water partition coefficient (Wildman–Crippen LogP) is 3.95. The third-order valence-electron chi connectivity index (χ3n) is 1.81. The molecule has 0 amide bonds. The number of alkyl halides is 3. The van der Waals surface area contributed by atoms with Crippen LogP contribution in [0.5, 0.6) is 0 Å². The van der Waals surface area contributed by atoms with Gasteiger partial charge in [0.25, 0.3) is 0 Å². The highest BCUT2D eigenvalue weighted by Crippen LogP contribution is 2.31. The average Bonchev–Trinajstić information content (AvgIpc) is 2.09. The molecule has 0 nitrogen and oxygen atoms in total. The van der Waals surface area contributed by atoms with E-state index >= 15 is 0 Å². The van der Waals surface area contributed by atoms with Gasteiger partial charge in [-0.15, -0.1) is 0 Å². The van der Waals surface area contributed by atoms with Crippen LogP contribution in [0.2, 0.25) is 0 Å². The fourth-order valence-electron chi connectivity index (χ4n) is 1.15. The SMILES string of the molecule is CC[CH]c1c(F)cc(C(F)(F)F)cc1F. The van der Waals surface area contributed by atoms with Crippen molar-refractivity contribution in [2.24, 2.45) is 0 Å². The summed E-state index contributed by atoms with van der Waals surface area (Å²) in [6.07, 6.45) is -3.18. The van der Waals surface area contributed by atoms with Gasteiger partial charge in [-0.2, -0.15) is 13.2 Å². The second-order valence-corrected chi connectivity index (χ2v) is 2.96. The highest BCUT2D eigenvalue weighted by Gasteiger charge is 2.32. The molecule has 0 N–H and O–H groups in total. The van der Waals surface area contributed by atoms with Crippen molar-refractivity contribution in [2.45, 2.75) is 19.5 Å². The summed E-state index contributed by atoms with van der Waals surface area (Å²) in [5.41, 5.74) is -1.73. The first-order chi connectivity index (χ1) is 6.86. The molecule has 0 heterocycles. The molecule has 5 heteroatoms. The van der Waals surface area contributed by atoms with E-state index in [2.05, 4.69) is 0 Å². The van der Waals surface area contributed by atoms with E-state index in [1.807, 2.05) is 0 Å². The molecule has 0 saturated heterocycles. The van der Waals surface area contributed by atoms with E-state index in [-0.39, 0.29) is 0 Å². The molecule has 1 rings (SSSR count). The molecule has 0 spiro atoms. The largest absolute Gasteiger partial charge is 0.416 e. The first-order valence-corrected chi connectivity index (χ1v) is 4.25. The predicted molar refractivity (Wildman–Crippen MR) is 45.1 cm³/mol. The Morgan fingerprint density at radius 2 is 1.60 bits per heavy atom. The minimum atomic E-state index is -4.73. The van der Waals surface area contributed by atoms with E-state index in [9.17, 15) is 22.0 Å². The summed E-state index contributed by atoms with van der Waals surface area (Å²) in [6.45, 7) is 1.64. The van der Waals surface area contributed by atoms with Gasteiger partial charge >= 0.3 is 6.18 Å². The van der Waals surface area contributed by atoms with Gasteiger partial charge in [-0.25, -0.2) is 8.78 Å². The normalized spacial score (nSPS) is 11.9. The summed E-state index contributed by atoms with van der Waals surface area (Å²) >= 11 is 0. The van der Waals surface area contributed by atoms with E-state index in [1.54, 1.807) is 6.92 Å². The Kier molecular flexibility index (Phi) is 3.31. The Morgan fingerprint density at radius 1 is 1.13 bits per heavy atom. The number of rotatable bonds is 2. The molecular weight excluding hydrogens is 215 g/mol. The van der Waals surface area contributed by atoms with E-state index in [4.69, 9.17) is 0 Å². The molecule has 0 aliphatic heterocycles. The van der Waals surface area contributed by atoms with Crippen LogP contribution in [0, 0.1) is 18.1 Å². The smallest absolute Gasteiger partial charge is 0.207 e. The van der Waals surface area contributed by atoms with Crippen LogP contribution in [0.1, 0.15) is 24.5 Å². The highest BCUT2D eigenvalue weighted by molar-refractivity contribution is 5.32. The Hall–Kier alpha value is -1.13. The molecule has 0 aromatic heterocycles. The van der Waals surface area contributed by atoms with Gasteiger partial charge in [-0.3, -0.25) is 0 Å². The lowest BCUT2D eigenvalue weighted by molar-refractivity contribution is -0.138. The van der Waals surface area contributed by atoms with Gasteiger partial charge in [0.05, 0.1) is 5.56 Å². The third-order valence-corrected chi connectivity index (χ3v) is 1.81. The molecule has 1 radical (unpaired) electrons. The molecule has 0 fully saturated rings. The van der Waals surface area contributed by atoms with Gasteiger partial charge in [-0.05, 0) is 25.0 Å². The lowest BCUT2D eigenvalue weighted by Gasteiger charge is -2.09. The third kappa shape index (κ3) is 2.67. The second-order valence-electron chi connectivity index (χ2n) is 2.96. The van der Waals surface area contributed by atoms with Gasteiger partial charge in [0.2, 0.25) is 0 Å². The molecule has 0 aliphatic rings. The van der Waals surface area contributed by atoms with Crippen molar-refractivity contribution >= 4 is 0 Å². The average molecular weight is 223 g/mol. The lowest BCUT2D eigenvalue weighted by Crippen LogP contribution is -2.08. The standard InChI is InChI=1S/C10H8F5/c1-2-3-7-8(11)4-6(5-9(7)12)10(13,14)15/h3-5H,2H2,1H3. The van der Waals surface area contributed by atoms with Gasteiger partial charge in [-0.1, -0.05) is 6.92 Å². The monoisotopic (exact) mass is 223 g/mol. The van der Waals surface area contributed by atoms with Crippen LogP contribution >= 0.6 is 0 Å². The molecule has 0 bridgehead atoms. The van der Waals surface area contributed by atoms with Crippen LogP contribution in [0.4, 0.5) is 22.0 Å². The molecule has 1 aromatic rings. The van der Waals surface area contributed by atoms with E-state index in [0.717, 1.165) is 0 Å². The van der Waals surface area contributed by atoms with Crippen molar-refractivity contribution in [1.29, 1.82) is 0 Å². The zero-order chi connectivity index (χ0) is 11.6. The van der Waals surface area contributed by atoms with Crippen molar-refractivity contribution in [1.82, 2.24) is 0 Å². The first-order valence-electron chi connectivity index (χ1n) is 4.25. The highest BCUT2D eigenvalue weighted by atomic mass is 19.4. The van der Waals surface area contributed by atoms with Crippen molar-refractivity contribution < 1.29 is 22.0 Å². The van der Waals surface area contributed by atoms with E-state index < -0.39 is 28.9 Å². The molecular formula is C10H8F5. The summed E-state index contributed by atoms with van der Waals surface area (Å²) in [7, 11) is 0. The Bertz CT molecular complexity index is 330. The van der Waals surface area contributed by atoms with Crippen molar-refractivity contribution in [2.75, 3.05) is 0 Å². The summed E-state index contributed by atoms with van der Waals surface area (Å²) in [6, 6.07) is 0.592. The summed E-state index contributed by atoms with van der Waals surface area (Å²) in [5, 5.41) is 0. The van der Waals surface area contributed by atoms with Gasteiger partial charge < -0.3 is 0 Å². The van der Waals surface area contributed by atoms with Crippen molar-refractivity contribution in [3.63, 3.8) is 0 Å². The zero-order valence-corrected chi connectivity index (χ0v) is 7.83. The summed E-state index contributed by atoms with van der Waals surface area (Å²) in [4.78, 5) is 0. The lowest BCUT2D eigenvalue weighted by atomic mass is 10.1. The Labute approximate surface area is 83.7 Å².